The van der Waals surface area contributed by atoms with E-state index < -0.39 is 0 Å². The van der Waals surface area contributed by atoms with Crippen LogP contribution in [0.2, 0.25) is 0 Å². The summed E-state index contributed by atoms with van der Waals surface area (Å²) in [5, 5.41) is 3.22. The third kappa shape index (κ3) is 6.16. The Morgan fingerprint density at radius 1 is 1.43 bits per heavy atom. The van der Waals surface area contributed by atoms with E-state index in [1.807, 2.05) is 37.1 Å². The molecule has 0 bridgehead atoms. The van der Waals surface area contributed by atoms with Gasteiger partial charge in [0.1, 0.15) is 0 Å². The average Bonchev–Trinajstić information content (AvgIpc) is 2.48. The van der Waals surface area contributed by atoms with Gasteiger partial charge < -0.3 is 15.0 Å². The lowest BCUT2D eigenvalue weighted by Gasteiger charge is -2.22. The average molecular weight is 356 g/mol. The van der Waals surface area contributed by atoms with Gasteiger partial charge in [0.05, 0.1) is 20.1 Å². The Balaban J connectivity index is 2.68. The number of nitrogens with zero attached hydrogens (tertiary/aromatic N) is 2. The molecule has 6 heteroatoms. The number of hydrogen-bond donors (Lipinski definition) is 1. The molecule has 0 aliphatic carbocycles. The van der Waals surface area contributed by atoms with Gasteiger partial charge in [0, 0.05) is 24.6 Å². The predicted molar refractivity (Wildman–Crippen MR) is 88.2 cm³/mol. The topological polar surface area (TPSA) is 53.9 Å². The summed E-state index contributed by atoms with van der Waals surface area (Å²) in [5.41, 5.74) is 1.18. The molecule has 0 unspecified atom stereocenters. The molecule has 1 rings (SSSR count). The minimum Gasteiger partial charge on any atom is -0.469 e. The standard InChI is InChI=1S/C15H22BrN3O2/c1-4-17-15(18-10-9-14(20)21-3)19(2)11-12-7-5-6-8-13(12)16/h5-8H,4,9-11H2,1-3H3,(H,17,18). The normalized spacial score (nSPS) is 11.1. The Morgan fingerprint density at radius 2 is 2.14 bits per heavy atom. The minimum absolute atomic E-state index is 0.247. The van der Waals surface area contributed by atoms with Crippen LogP contribution in [0.3, 0.4) is 0 Å². The zero-order valence-electron chi connectivity index (χ0n) is 12.7. The Bertz CT molecular complexity index is 492. The quantitative estimate of drug-likeness (QED) is 0.483. The number of halogens is 1. The van der Waals surface area contributed by atoms with E-state index >= 15 is 0 Å². The molecule has 21 heavy (non-hydrogen) atoms. The molecule has 0 fully saturated rings. The summed E-state index contributed by atoms with van der Waals surface area (Å²) in [7, 11) is 3.36. The van der Waals surface area contributed by atoms with Crippen LogP contribution in [0.25, 0.3) is 0 Å². The van der Waals surface area contributed by atoms with Crippen molar-refractivity contribution in [1.29, 1.82) is 0 Å². The van der Waals surface area contributed by atoms with Crippen LogP contribution >= 0.6 is 15.9 Å². The van der Waals surface area contributed by atoms with Gasteiger partial charge in [-0.3, -0.25) is 9.79 Å². The summed E-state index contributed by atoms with van der Waals surface area (Å²) in [6.07, 6.45) is 0.286. The van der Waals surface area contributed by atoms with E-state index in [1.165, 1.54) is 12.7 Å². The van der Waals surface area contributed by atoms with Crippen molar-refractivity contribution in [2.24, 2.45) is 4.99 Å². The number of ether oxygens (including phenoxy) is 1. The van der Waals surface area contributed by atoms with Crippen LogP contribution in [-0.2, 0) is 16.1 Å². The van der Waals surface area contributed by atoms with Gasteiger partial charge in [0.25, 0.3) is 0 Å². The maximum absolute atomic E-state index is 11.1. The number of esters is 1. The highest BCUT2D eigenvalue weighted by atomic mass is 79.9. The molecule has 0 aliphatic heterocycles. The highest BCUT2D eigenvalue weighted by Crippen LogP contribution is 2.17. The number of hydrogen-bond acceptors (Lipinski definition) is 3. The molecule has 0 atom stereocenters. The Hall–Kier alpha value is -1.56. The van der Waals surface area contributed by atoms with Crippen LogP contribution in [0.5, 0.6) is 0 Å². The molecule has 0 heterocycles. The molecule has 0 aromatic heterocycles. The highest BCUT2D eigenvalue weighted by Gasteiger charge is 2.08. The van der Waals surface area contributed by atoms with E-state index in [2.05, 4.69) is 37.0 Å². The summed E-state index contributed by atoms with van der Waals surface area (Å²) in [5.74, 6) is 0.528. The molecule has 0 radical (unpaired) electrons. The Labute approximate surface area is 134 Å². The summed E-state index contributed by atoms with van der Waals surface area (Å²) >= 11 is 3.55. The van der Waals surface area contributed by atoms with E-state index in [-0.39, 0.29) is 12.4 Å². The summed E-state index contributed by atoms with van der Waals surface area (Å²) < 4.78 is 5.69. The van der Waals surface area contributed by atoms with Gasteiger partial charge in [0.15, 0.2) is 5.96 Å². The third-order valence-corrected chi connectivity index (χ3v) is 3.64. The first-order valence-corrected chi connectivity index (χ1v) is 7.67. The maximum Gasteiger partial charge on any atom is 0.307 e. The van der Waals surface area contributed by atoms with Crippen molar-refractivity contribution >= 4 is 27.9 Å². The molecule has 0 aliphatic rings. The van der Waals surface area contributed by atoms with E-state index in [0.717, 1.165) is 23.5 Å². The molecule has 1 N–H and O–H groups in total. The molecule has 116 valence electrons. The molecule has 0 saturated carbocycles. The van der Waals surface area contributed by atoms with Gasteiger partial charge in [-0.1, -0.05) is 34.1 Å². The van der Waals surface area contributed by atoms with E-state index in [4.69, 9.17) is 0 Å². The van der Waals surface area contributed by atoms with E-state index in [1.54, 1.807) is 0 Å². The fourth-order valence-electron chi connectivity index (χ4n) is 1.78. The first kappa shape index (κ1) is 17.5. The van der Waals surface area contributed by atoms with Gasteiger partial charge in [-0.15, -0.1) is 0 Å². The summed E-state index contributed by atoms with van der Waals surface area (Å²) in [4.78, 5) is 17.6. The molecule has 1 aromatic carbocycles. The van der Waals surface area contributed by atoms with Gasteiger partial charge >= 0.3 is 5.97 Å². The number of carbonyl (C=O) groups excluding carboxylic acids is 1. The van der Waals surface area contributed by atoms with E-state index in [0.29, 0.717) is 6.54 Å². The minimum atomic E-state index is -0.247. The van der Waals surface area contributed by atoms with Crippen molar-refractivity contribution < 1.29 is 9.53 Å². The number of benzene rings is 1. The van der Waals surface area contributed by atoms with Crippen molar-refractivity contribution in [2.75, 3.05) is 27.2 Å². The van der Waals surface area contributed by atoms with Crippen LogP contribution in [0, 0.1) is 0 Å². The predicted octanol–water partition coefficient (Wildman–Crippen LogP) is 2.41. The van der Waals surface area contributed by atoms with Crippen molar-refractivity contribution in [3.8, 4) is 0 Å². The fraction of sp³-hybridized carbons (Fsp3) is 0.467. The van der Waals surface area contributed by atoms with Crippen LogP contribution in [0.1, 0.15) is 18.9 Å². The van der Waals surface area contributed by atoms with Gasteiger partial charge in [-0.2, -0.15) is 0 Å². The zero-order chi connectivity index (χ0) is 15.7. The van der Waals surface area contributed by atoms with Gasteiger partial charge in [-0.05, 0) is 18.6 Å². The second-order valence-electron chi connectivity index (χ2n) is 4.51. The smallest absolute Gasteiger partial charge is 0.307 e. The molecule has 1 aromatic rings. The van der Waals surface area contributed by atoms with Crippen molar-refractivity contribution in [3.63, 3.8) is 0 Å². The molecule has 0 amide bonds. The second kappa shape index (κ2) is 9.39. The number of aliphatic imine (C=N–C) groups is 1. The molecular weight excluding hydrogens is 334 g/mol. The number of rotatable bonds is 6. The van der Waals surface area contributed by atoms with Gasteiger partial charge in [0.2, 0.25) is 0 Å². The van der Waals surface area contributed by atoms with Crippen LogP contribution in [-0.4, -0.2) is 44.1 Å². The molecule has 0 saturated heterocycles. The van der Waals surface area contributed by atoms with Gasteiger partial charge in [-0.25, -0.2) is 0 Å². The van der Waals surface area contributed by atoms with Crippen molar-refractivity contribution in [2.45, 2.75) is 19.9 Å². The highest BCUT2D eigenvalue weighted by molar-refractivity contribution is 9.10. The first-order chi connectivity index (χ1) is 10.1. The Morgan fingerprint density at radius 3 is 2.76 bits per heavy atom. The Kier molecular flexibility index (Phi) is 7.82. The van der Waals surface area contributed by atoms with Crippen LogP contribution in [0.15, 0.2) is 33.7 Å². The third-order valence-electron chi connectivity index (χ3n) is 2.87. The van der Waals surface area contributed by atoms with Crippen molar-refractivity contribution in [1.82, 2.24) is 10.2 Å². The summed E-state index contributed by atoms with van der Waals surface area (Å²) in [6.45, 7) is 3.93. The largest absolute Gasteiger partial charge is 0.469 e. The van der Waals surface area contributed by atoms with E-state index in [9.17, 15) is 4.79 Å². The van der Waals surface area contributed by atoms with Crippen molar-refractivity contribution in [3.05, 3.63) is 34.3 Å². The fourth-order valence-corrected chi connectivity index (χ4v) is 2.19. The lowest BCUT2D eigenvalue weighted by molar-refractivity contribution is -0.140. The maximum atomic E-state index is 11.1. The first-order valence-electron chi connectivity index (χ1n) is 6.88. The van der Waals surface area contributed by atoms with Crippen LogP contribution in [0.4, 0.5) is 0 Å². The summed E-state index contributed by atoms with van der Waals surface area (Å²) in [6, 6.07) is 8.08. The number of methoxy groups -OCH3 is 1. The second-order valence-corrected chi connectivity index (χ2v) is 5.36. The molecule has 5 nitrogen and oxygen atoms in total. The number of guanidine groups is 1. The zero-order valence-corrected chi connectivity index (χ0v) is 14.3. The molecular formula is C15H22BrN3O2. The van der Waals surface area contributed by atoms with Crippen LogP contribution < -0.4 is 5.32 Å². The lowest BCUT2D eigenvalue weighted by Crippen LogP contribution is -2.38. The lowest BCUT2D eigenvalue weighted by atomic mass is 10.2. The SMILES string of the molecule is CCNC(=NCCC(=O)OC)N(C)Cc1ccccc1Br. The number of nitrogens with one attached hydrogen (secondary N) is 1. The molecule has 0 spiro atoms. The number of carbonyl (C=O) groups is 1. The monoisotopic (exact) mass is 355 g/mol.